The summed E-state index contributed by atoms with van der Waals surface area (Å²) in [5, 5.41) is 10.7. The van der Waals surface area contributed by atoms with Crippen molar-refractivity contribution in [1.29, 1.82) is 0 Å². The zero-order valence-corrected chi connectivity index (χ0v) is 14.1. The number of aromatic nitrogens is 3. The molecule has 2 heterocycles. The number of benzene rings is 2. The Morgan fingerprint density at radius 2 is 1.85 bits per heavy atom. The van der Waals surface area contributed by atoms with Gasteiger partial charge in [0.2, 0.25) is 5.95 Å². The van der Waals surface area contributed by atoms with E-state index in [2.05, 4.69) is 30.5 Å². The van der Waals surface area contributed by atoms with Crippen LogP contribution in [0.3, 0.4) is 0 Å². The summed E-state index contributed by atoms with van der Waals surface area (Å²) in [5.41, 5.74) is 1.66. The third-order valence-electron chi connectivity index (χ3n) is 3.68. The van der Waals surface area contributed by atoms with E-state index in [-0.39, 0.29) is 23.5 Å². The lowest BCUT2D eigenvalue weighted by Gasteiger charge is -2.03. The maximum Gasteiger partial charge on any atom is 0.302 e. The number of oxazole rings is 1. The van der Waals surface area contributed by atoms with Crippen LogP contribution in [0.1, 0.15) is 5.69 Å². The molecule has 2 aromatic heterocycles. The monoisotopic (exact) mass is 364 g/mol. The van der Waals surface area contributed by atoms with Crippen LogP contribution in [-0.4, -0.2) is 15.0 Å². The number of hydrogen-bond acceptors (Lipinski definition) is 7. The van der Waals surface area contributed by atoms with E-state index in [9.17, 15) is 9.18 Å². The van der Waals surface area contributed by atoms with E-state index >= 15 is 0 Å². The summed E-state index contributed by atoms with van der Waals surface area (Å²) in [6.07, 6.45) is 0. The summed E-state index contributed by atoms with van der Waals surface area (Å²) in [7, 11) is 0. The highest BCUT2D eigenvalue weighted by molar-refractivity contribution is 5.74. The average molecular weight is 364 g/mol. The van der Waals surface area contributed by atoms with Gasteiger partial charge in [-0.2, -0.15) is 10.1 Å². The Labute approximate surface area is 151 Å². The van der Waals surface area contributed by atoms with Crippen LogP contribution in [0.2, 0.25) is 0 Å². The van der Waals surface area contributed by atoms with Gasteiger partial charge in [-0.3, -0.25) is 15.1 Å². The second kappa shape index (κ2) is 6.79. The predicted molar refractivity (Wildman–Crippen MR) is 97.5 cm³/mol. The predicted octanol–water partition coefficient (Wildman–Crippen LogP) is 4.52. The van der Waals surface area contributed by atoms with Crippen LogP contribution in [0.15, 0.2) is 68.0 Å². The van der Waals surface area contributed by atoms with Crippen LogP contribution in [0.25, 0.3) is 11.1 Å². The van der Waals surface area contributed by atoms with E-state index in [1.54, 1.807) is 13.0 Å². The quantitative estimate of drug-likeness (QED) is 0.518. The van der Waals surface area contributed by atoms with Gasteiger partial charge in [-0.15, -0.1) is 5.11 Å². The third-order valence-corrected chi connectivity index (χ3v) is 3.68. The van der Waals surface area contributed by atoms with Crippen molar-refractivity contribution in [2.75, 3.05) is 5.32 Å². The summed E-state index contributed by atoms with van der Waals surface area (Å²) in [4.78, 5) is 23.4. The molecule has 0 bridgehead atoms. The van der Waals surface area contributed by atoms with Crippen LogP contribution in [0.5, 0.6) is 0 Å². The summed E-state index contributed by atoms with van der Waals surface area (Å²) < 4.78 is 18.5. The second-order valence-electron chi connectivity index (χ2n) is 5.64. The van der Waals surface area contributed by atoms with Gasteiger partial charge in [-0.1, -0.05) is 12.1 Å². The van der Waals surface area contributed by atoms with E-state index in [0.29, 0.717) is 22.5 Å². The SMILES string of the molecule is Cc1nc(Nc2nc3ccccc3o2)[nH]c(=O)c1N=Nc1ccc(F)cc1. The Morgan fingerprint density at radius 1 is 1.07 bits per heavy atom. The van der Waals surface area contributed by atoms with Gasteiger partial charge >= 0.3 is 6.01 Å². The number of azo groups is 1. The molecule has 2 N–H and O–H groups in total. The Hall–Kier alpha value is -3.88. The van der Waals surface area contributed by atoms with E-state index < -0.39 is 5.56 Å². The van der Waals surface area contributed by atoms with Crippen molar-refractivity contribution < 1.29 is 8.81 Å². The number of hydrogen-bond donors (Lipinski definition) is 2. The number of rotatable bonds is 4. The molecule has 8 nitrogen and oxygen atoms in total. The lowest BCUT2D eigenvalue weighted by Crippen LogP contribution is -2.12. The maximum absolute atomic E-state index is 12.9. The summed E-state index contributed by atoms with van der Waals surface area (Å²) in [6, 6.07) is 12.9. The van der Waals surface area contributed by atoms with E-state index in [0.717, 1.165) is 0 Å². The van der Waals surface area contributed by atoms with Gasteiger partial charge in [0.05, 0.1) is 11.4 Å². The van der Waals surface area contributed by atoms with E-state index in [1.807, 2.05) is 18.2 Å². The molecule has 4 rings (SSSR count). The van der Waals surface area contributed by atoms with Crippen molar-refractivity contribution in [2.24, 2.45) is 10.2 Å². The lowest BCUT2D eigenvalue weighted by molar-refractivity contribution is 0.621. The topological polar surface area (TPSA) is 109 Å². The van der Waals surface area contributed by atoms with Gasteiger partial charge in [-0.05, 0) is 43.3 Å². The molecule has 134 valence electrons. The molecule has 0 aliphatic carbocycles. The number of H-pyrrole nitrogens is 1. The van der Waals surface area contributed by atoms with Crippen molar-refractivity contribution in [1.82, 2.24) is 15.0 Å². The van der Waals surface area contributed by atoms with Crippen LogP contribution < -0.4 is 10.9 Å². The highest BCUT2D eigenvalue weighted by atomic mass is 19.1. The summed E-state index contributed by atoms with van der Waals surface area (Å²) in [6.45, 7) is 1.63. The second-order valence-corrected chi connectivity index (χ2v) is 5.64. The first kappa shape index (κ1) is 16.6. The minimum absolute atomic E-state index is 0.0578. The number of aromatic amines is 1. The Morgan fingerprint density at radius 3 is 2.59 bits per heavy atom. The molecule has 9 heteroatoms. The maximum atomic E-state index is 12.9. The number of aryl methyl sites for hydroxylation is 1. The van der Waals surface area contributed by atoms with Gasteiger partial charge in [-0.25, -0.2) is 9.37 Å². The van der Waals surface area contributed by atoms with Crippen molar-refractivity contribution >= 4 is 34.4 Å². The Bertz CT molecular complexity index is 1160. The first-order valence-corrected chi connectivity index (χ1v) is 7.99. The number of nitrogens with one attached hydrogen (secondary N) is 2. The van der Waals surface area contributed by atoms with Crippen molar-refractivity contribution in [3.8, 4) is 0 Å². The van der Waals surface area contributed by atoms with Gasteiger partial charge < -0.3 is 4.42 Å². The molecular formula is C18H13FN6O2. The van der Waals surface area contributed by atoms with Crippen LogP contribution in [0.4, 0.5) is 27.7 Å². The number of halogens is 1. The fourth-order valence-corrected chi connectivity index (χ4v) is 2.40. The number of anilines is 2. The number of para-hydroxylation sites is 2. The first-order valence-electron chi connectivity index (χ1n) is 7.99. The average Bonchev–Trinajstić information content (AvgIpc) is 3.04. The van der Waals surface area contributed by atoms with E-state index in [1.165, 1.54) is 24.3 Å². The molecule has 0 fully saturated rings. The van der Waals surface area contributed by atoms with Gasteiger partial charge in [0.25, 0.3) is 5.56 Å². The largest absolute Gasteiger partial charge is 0.423 e. The Balaban J connectivity index is 1.59. The minimum Gasteiger partial charge on any atom is -0.423 e. The molecule has 4 aromatic rings. The highest BCUT2D eigenvalue weighted by Gasteiger charge is 2.11. The number of nitrogens with zero attached hydrogens (tertiary/aromatic N) is 4. The van der Waals surface area contributed by atoms with E-state index in [4.69, 9.17) is 4.42 Å². The smallest absolute Gasteiger partial charge is 0.302 e. The van der Waals surface area contributed by atoms with Gasteiger partial charge in [0.15, 0.2) is 11.3 Å². The molecule has 0 atom stereocenters. The molecule has 27 heavy (non-hydrogen) atoms. The molecule has 2 aromatic carbocycles. The molecule has 0 unspecified atom stereocenters. The van der Waals surface area contributed by atoms with Crippen LogP contribution in [0, 0.1) is 12.7 Å². The fourth-order valence-electron chi connectivity index (χ4n) is 2.40. The third kappa shape index (κ3) is 3.56. The van der Waals surface area contributed by atoms with Crippen LogP contribution in [-0.2, 0) is 0 Å². The Kier molecular flexibility index (Phi) is 4.17. The molecular weight excluding hydrogens is 351 g/mol. The summed E-state index contributed by atoms with van der Waals surface area (Å²) >= 11 is 0. The highest BCUT2D eigenvalue weighted by Crippen LogP contribution is 2.22. The molecule has 0 saturated heterocycles. The first-order chi connectivity index (χ1) is 13.1. The molecule has 0 aliphatic heterocycles. The molecule has 0 amide bonds. The van der Waals surface area contributed by atoms with Crippen molar-refractivity contribution in [3.05, 3.63) is 70.4 Å². The molecule has 0 radical (unpaired) electrons. The van der Waals surface area contributed by atoms with Gasteiger partial charge in [0, 0.05) is 0 Å². The zero-order valence-electron chi connectivity index (χ0n) is 14.1. The minimum atomic E-state index is -0.480. The number of fused-ring (bicyclic) bond motifs is 1. The zero-order chi connectivity index (χ0) is 18.8. The molecule has 0 saturated carbocycles. The fraction of sp³-hybridized carbons (Fsp3) is 0.0556. The normalized spacial score (nSPS) is 11.3. The molecule has 0 aliphatic rings. The summed E-state index contributed by atoms with van der Waals surface area (Å²) in [5.74, 6) is -0.205. The molecule has 0 spiro atoms. The lowest BCUT2D eigenvalue weighted by atomic mass is 10.3. The van der Waals surface area contributed by atoms with Gasteiger partial charge in [0.1, 0.15) is 11.3 Å². The standard InChI is InChI=1S/C18H13FN6O2/c1-10-15(25-24-12-8-6-11(19)7-9-12)16(26)22-17(20-10)23-18-21-13-4-2-3-5-14(13)27-18/h2-9H,1H3,(H2,20,21,22,23,26). The van der Waals surface area contributed by atoms with Crippen molar-refractivity contribution in [3.63, 3.8) is 0 Å². The van der Waals surface area contributed by atoms with Crippen molar-refractivity contribution in [2.45, 2.75) is 6.92 Å². The van der Waals surface area contributed by atoms with Crippen LogP contribution >= 0.6 is 0 Å².